The van der Waals surface area contributed by atoms with Crippen LogP contribution in [0, 0.1) is 0 Å². The van der Waals surface area contributed by atoms with E-state index in [-0.39, 0.29) is 25.7 Å². The molecule has 0 aromatic carbocycles. The quantitative estimate of drug-likeness (QED) is 0.0445. The normalized spacial score (nSPS) is 15.1. The average Bonchev–Trinajstić information content (AvgIpc) is 2.91. The van der Waals surface area contributed by atoms with E-state index in [9.17, 15) is 19.4 Å². The Bertz CT molecular complexity index is 674. The summed E-state index contributed by atoms with van der Waals surface area (Å²) in [6.45, 7) is 4.01. The second kappa shape index (κ2) is 27.2. The molecule has 3 unspecified atom stereocenters. The summed E-state index contributed by atoms with van der Waals surface area (Å²) in [6.07, 6.45) is 26.6. The molecule has 0 heterocycles. The third-order valence-corrected chi connectivity index (χ3v) is 7.51. The molecule has 0 aliphatic heterocycles. The number of hydrogen-bond donors (Lipinski definition) is 4. The number of phosphoric ester groups is 1. The van der Waals surface area contributed by atoms with Gasteiger partial charge in [-0.1, -0.05) is 115 Å². The molecule has 8 nitrogen and oxygen atoms in total. The number of nitrogens with one attached hydrogen (secondary N) is 1. The van der Waals surface area contributed by atoms with Crippen molar-refractivity contribution in [3.8, 4) is 0 Å². The zero-order valence-electron chi connectivity index (χ0n) is 24.9. The highest BCUT2D eigenvalue weighted by Crippen LogP contribution is 2.43. The predicted molar refractivity (Wildman–Crippen MR) is 161 cm³/mol. The minimum absolute atomic E-state index is 0.0748. The van der Waals surface area contributed by atoms with Gasteiger partial charge in [0.1, 0.15) is 0 Å². The number of rotatable bonds is 28. The fourth-order valence-electron chi connectivity index (χ4n) is 4.14. The molecule has 0 rings (SSSR count). The molecule has 1 amide bonds. The van der Waals surface area contributed by atoms with Crippen molar-refractivity contribution in [2.45, 2.75) is 142 Å². The first-order valence-corrected chi connectivity index (χ1v) is 17.0. The fourth-order valence-corrected chi connectivity index (χ4v) is 4.90. The molecule has 0 saturated heterocycles. The van der Waals surface area contributed by atoms with Crippen molar-refractivity contribution in [1.82, 2.24) is 5.32 Å². The number of amides is 1. The van der Waals surface area contributed by atoms with Gasteiger partial charge in [-0.25, -0.2) is 4.57 Å². The Morgan fingerprint density at radius 1 is 0.821 bits per heavy atom. The first kappa shape index (κ1) is 38.0. The molecular formula is C30H59N2O6P. The zero-order chi connectivity index (χ0) is 29.0. The van der Waals surface area contributed by atoms with Crippen LogP contribution >= 0.6 is 7.82 Å². The summed E-state index contributed by atoms with van der Waals surface area (Å²) >= 11 is 0. The van der Waals surface area contributed by atoms with E-state index in [2.05, 4.69) is 31.3 Å². The van der Waals surface area contributed by atoms with Gasteiger partial charge in [-0.05, 0) is 32.1 Å². The van der Waals surface area contributed by atoms with Crippen molar-refractivity contribution < 1.29 is 28.4 Å². The molecule has 5 N–H and O–H groups in total. The van der Waals surface area contributed by atoms with Crippen molar-refractivity contribution in [3.63, 3.8) is 0 Å². The van der Waals surface area contributed by atoms with Crippen LogP contribution < -0.4 is 11.1 Å². The predicted octanol–water partition coefficient (Wildman–Crippen LogP) is 7.10. The van der Waals surface area contributed by atoms with E-state index >= 15 is 0 Å². The molecular weight excluding hydrogens is 515 g/mol. The number of phosphoric acid groups is 1. The first-order valence-electron chi connectivity index (χ1n) is 15.5. The van der Waals surface area contributed by atoms with E-state index in [1.54, 1.807) is 6.08 Å². The molecule has 0 aliphatic carbocycles. The number of unbranched alkanes of at least 4 members (excludes halogenated alkanes) is 14. The number of hydrogen-bond acceptors (Lipinski definition) is 6. The Morgan fingerprint density at radius 3 is 1.97 bits per heavy atom. The van der Waals surface area contributed by atoms with Gasteiger partial charge in [0, 0.05) is 13.0 Å². The lowest BCUT2D eigenvalue weighted by Gasteiger charge is -2.23. The van der Waals surface area contributed by atoms with Gasteiger partial charge < -0.3 is 21.1 Å². The number of allylic oxidation sites excluding steroid dienone is 3. The van der Waals surface area contributed by atoms with Gasteiger partial charge in [0.2, 0.25) is 5.91 Å². The fraction of sp³-hybridized carbons (Fsp3) is 0.833. The highest BCUT2D eigenvalue weighted by atomic mass is 31.2. The standard InChI is InChI=1S/C30H59N2O6P/c1-3-5-7-9-11-13-14-16-18-20-22-24-30(34)32-28(27-38-39(35,36)37-26-25-31)29(33)23-21-19-17-15-12-10-8-6-4-2/h12,15,21,23,28-29,33H,3-11,13-14,16-20,22,24-27,31H2,1-2H3,(H,32,34)(H,35,36)/b15-12+,23-21+. The van der Waals surface area contributed by atoms with Crippen LogP contribution in [0.25, 0.3) is 0 Å². The summed E-state index contributed by atoms with van der Waals surface area (Å²) in [5.41, 5.74) is 5.32. The first-order chi connectivity index (χ1) is 18.9. The number of aliphatic hydroxyl groups is 1. The van der Waals surface area contributed by atoms with Crippen LogP contribution in [0.3, 0.4) is 0 Å². The summed E-state index contributed by atoms with van der Waals surface area (Å²) in [6, 6.07) is -0.868. The summed E-state index contributed by atoms with van der Waals surface area (Å²) in [7, 11) is -4.32. The molecule has 0 saturated carbocycles. The lowest BCUT2D eigenvalue weighted by atomic mass is 10.0. The Hall–Kier alpha value is -1.02. The largest absolute Gasteiger partial charge is 0.472 e. The average molecular weight is 575 g/mol. The topological polar surface area (TPSA) is 131 Å². The van der Waals surface area contributed by atoms with Crippen LogP contribution in [-0.2, 0) is 18.4 Å². The number of aliphatic hydroxyl groups excluding tert-OH is 1. The van der Waals surface area contributed by atoms with Gasteiger partial charge in [-0.15, -0.1) is 0 Å². The summed E-state index contributed by atoms with van der Waals surface area (Å²) < 4.78 is 21.8. The molecule has 0 aliphatic rings. The highest BCUT2D eigenvalue weighted by Gasteiger charge is 2.26. The van der Waals surface area contributed by atoms with Crippen LogP contribution in [0.5, 0.6) is 0 Å². The lowest BCUT2D eigenvalue weighted by molar-refractivity contribution is -0.123. The van der Waals surface area contributed by atoms with Gasteiger partial charge in [0.15, 0.2) is 0 Å². The summed E-state index contributed by atoms with van der Waals surface area (Å²) in [5.74, 6) is -0.211. The van der Waals surface area contributed by atoms with Crippen LogP contribution in [-0.4, -0.2) is 47.8 Å². The van der Waals surface area contributed by atoms with Crippen LogP contribution in [0.15, 0.2) is 24.3 Å². The minimum Gasteiger partial charge on any atom is -0.387 e. The van der Waals surface area contributed by atoms with Gasteiger partial charge in [-0.2, -0.15) is 0 Å². The van der Waals surface area contributed by atoms with E-state index in [4.69, 9.17) is 14.8 Å². The Balaban J connectivity index is 4.49. The van der Waals surface area contributed by atoms with Crippen molar-refractivity contribution in [1.29, 1.82) is 0 Å². The molecule has 0 bridgehead atoms. The van der Waals surface area contributed by atoms with E-state index in [1.165, 1.54) is 70.6 Å². The Kier molecular flexibility index (Phi) is 26.5. The molecule has 0 fully saturated rings. The van der Waals surface area contributed by atoms with E-state index in [0.717, 1.165) is 38.5 Å². The molecule has 3 atom stereocenters. The maximum Gasteiger partial charge on any atom is 0.472 e. The van der Waals surface area contributed by atoms with E-state index < -0.39 is 20.0 Å². The molecule has 39 heavy (non-hydrogen) atoms. The van der Waals surface area contributed by atoms with Gasteiger partial charge in [0.25, 0.3) is 0 Å². The molecule has 0 aromatic heterocycles. The molecule has 0 radical (unpaired) electrons. The van der Waals surface area contributed by atoms with E-state index in [0.29, 0.717) is 6.42 Å². The molecule has 0 aromatic rings. The van der Waals surface area contributed by atoms with Crippen molar-refractivity contribution >= 4 is 13.7 Å². The second-order valence-corrected chi connectivity index (χ2v) is 11.8. The number of carbonyl (C=O) groups excluding carboxylic acids is 1. The minimum atomic E-state index is -4.32. The molecule has 9 heteroatoms. The third kappa shape index (κ3) is 25.7. The molecule has 0 spiro atoms. The van der Waals surface area contributed by atoms with Crippen LogP contribution in [0.4, 0.5) is 0 Å². The number of carbonyl (C=O) groups is 1. The smallest absolute Gasteiger partial charge is 0.387 e. The SMILES string of the molecule is CCCCC/C=C/CC/C=C/C(O)C(COP(=O)(O)OCCN)NC(=O)CCCCCCCCCCCCC. The van der Waals surface area contributed by atoms with Gasteiger partial charge >= 0.3 is 7.82 Å². The second-order valence-electron chi connectivity index (χ2n) is 10.3. The Morgan fingerprint density at radius 2 is 1.36 bits per heavy atom. The van der Waals surface area contributed by atoms with E-state index in [1.807, 2.05) is 6.08 Å². The Labute approximate surface area is 238 Å². The van der Waals surface area contributed by atoms with Crippen LogP contribution in [0.1, 0.15) is 129 Å². The summed E-state index contributed by atoms with van der Waals surface area (Å²) in [4.78, 5) is 22.4. The van der Waals surface area contributed by atoms with Crippen molar-refractivity contribution in [2.24, 2.45) is 5.73 Å². The zero-order valence-corrected chi connectivity index (χ0v) is 25.8. The maximum absolute atomic E-state index is 12.5. The molecule has 230 valence electrons. The van der Waals surface area contributed by atoms with Crippen molar-refractivity contribution in [3.05, 3.63) is 24.3 Å². The van der Waals surface area contributed by atoms with Gasteiger partial charge in [0.05, 0.1) is 25.4 Å². The van der Waals surface area contributed by atoms with Crippen molar-refractivity contribution in [2.75, 3.05) is 19.8 Å². The lowest BCUT2D eigenvalue weighted by Crippen LogP contribution is -2.45. The third-order valence-electron chi connectivity index (χ3n) is 6.53. The maximum atomic E-state index is 12.5. The monoisotopic (exact) mass is 574 g/mol. The summed E-state index contributed by atoms with van der Waals surface area (Å²) in [5, 5.41) is 13.4. The van der Waals surface area contributed by atoms with Crippen LogP contribution in [0.2, 0.25) is 0 Å². The number of nitrogens with two attached hydrogens (primary N) is 1. The highest BCUT2D eigenvalue weighted by molar-refractivity contribution is 7.47. The van der Waals surface area contributed by atoms with Gasteiger partial charge in [-0.3, -0.25) is 13.8 Å².